The third-order valence-electron chi connectivity index (χ3n) is 5.97. The van der Waals surface area contributed by atoms with Crippen molar-refractivity contribution in [1.82, 2.24) is 0 Å². The molecule has 0 unspecified atom stereocenters. The molecule has 1 rings (SSSR count). The Bertz CT molecular complexity index is 618. The maximum atomic E-state index is 12.3. The lowest BCUT2D eigenvalue weighted by molar-refractivity contribution is -0.151. The van der Waals surface area contributed by atoms with Gasteiger partial charge in [-0.05, 0) is 25.2 Å². The number of carbonyl (C=O) groups excluding carboxylic acids is 3. The van der Waals surface area contributed by atoms with E-state index in [1.165, 1.54) is 6.92 Å². The van der Waals surface area contributed by atoms with Gasteiger partial charge < -0.3 is 24.8 Å². The predicted octanol–water partition coefficient (Wildman–Crippen LogP) is 2.86. The molecule has 0 radical (unpaired) electrons. The van der Waals surface area contributed by atoms with E-state index in [9.17, 15) is 29.7 Å². The highest BCUT2D eigenvalue weighted by molar-refractivity contribution is 5.86. The van der Waals surface area contributed by atoms with Crippen molar-refractivity contribution in [1.29, 1.82) is 0 Å². The van der Waals surface area contributed by atoms with Crippen molar-refractivity contribution in [2.45, 2.75) is 103 Å². The number of hydrogen-bond acceptors (Lipinski definition) is 8. The first-order valence-electron chi connectivity index (χ1n) is 12.3. The normalized spacial score (nSPS) is 22.5. The quantitative estimate of drug-likeness (QED) is 0.168. The Hall–Kier alpha value is -1.77. The van der Waals surface area contributed by atoms with Gasteiger partial charge in [-0.3, -0.25) is 14.4 Å². The van der Waals surface area contributed by atoms with Crippen molar-refractivity contribution in [3.05, 3.63) is 12.2 Å². The number of rotatable bonds is 17. The molecule has 5 atom stereocenters. The molecule has 0 bridgehead atoms. The molecule has 0 aromatic carbocycles. The first-order chi connectivity index (χ1) is 15.7. The molecule has 0 spiro atoms. The third kappa shape index (κ3) is 12.9. The number of hydrogen-bond donors (Lipinski definition) is 3. The van der Waals surface area contributed by atoms with Gasteiger partial charge >= 0.3 is 11.9 Å². The van der Waals surface area contributed by atoms with Crippen LogP contribution >= 0.6 is 0 Å². The maximum Gasteiger partial charge on any atom is 0.305 e. The van der Waals surface area contributed by atoms with Crippen LogP contribution in [-0.2, 0) is 23.9 Å². The van der Waals surface area contributed by atoms with Crippen LogP contribution in [0.15, 0.2) is 12.2 Å². The molecule has 1 aliphatic rings. The van der Waals surface area contributed by atoms with Gasteiger partial charge in [0.15, 0.2) is 0 Å². The zero-order valence-electron chi connectivity index (χ0n) is 20.1. The Morgan fingerprint density at radius 3 is 2.45 bits per heavy atom. The summed E-state index contributed by atoms with van der Waals surface area (Å²) in [7, 11) is 0. The summed E-state index contributed by atoms with van der Waals surface area (Å²) in [5.41, 5.74) is 0. The van der Waals surface area contributed by atoms with E-state index in [0.717, 1.165) is 44.9 Å². The van der Waals surface area contributed by atoms with Gasteiger partial charge in [-0.2, -0.15) is 0 Å². The van der Waals surface area contributed by atoms with E-state index in [2.05, 4.69) is 11.7 Å². The Balaban J connectivity index is 2.24. The number of ketones is 1. The number of unbranched alkanes of at least 4 members (excludes halogenated alkanes) is 5. The highest BCUT2D eigenvalue weighted by atomic mass is 16.6. The van der Waals surface area contributed by atoms with Crippen LogP contribution in [0.1, 0.15) is 84.5 Å². The molecule has 0 aromatic rings. The summed E-state index contributed by atoms with van der Waals surface area (Å²) in [6.45, 7) is 2.94. The minimum atomic E-state index is -1.03. The van der Waals surface area contributed by atoms with Gasteiger partial charge in [0, 0.05) is 25.7 Å². The summed E-state index contributed by atoms with van der Waals surface area (Å²) in [4.78, 5) is 34.7. The van der Waals surface area contributed by atoms with Gasteiger partial charge in [-0.15, -0.1) is 0 Å². The molecule has 0 amide bonds. The minimum Gasteiger partial charge on any atom is -0.463 e. The highest BCUT2D eigenvalue weighted by Crippen LogP contribution is 2.34. The summed E-state index contributed by atoms with van der Waals surface area (Å²) >= 11 is 0. The summed E-state index contributed by atoms with van der Waals surface area (Å²) in [5.74, 6) is -1.34. The second-order valence-electron chi connectivity index (χ2n) is 8.97. The van der Waals surface area contributed by atoms with E-state index in [0.29, 0.717) is 12.8 Å². The minimum absolute atomic E-state index is 0.0307. The zero-order valence-corrected chi connectivity index (χ0v) is 20.1. The molecule has 0 aliphatic heterocycles. The lowest BCUT2D eigenvalue weighted by atomic mass is 9.88. The van der Waals surface area contributed by atoms with Crippen LogP contribution in [-0.4, -0.2) is 64.6 Å². The highest BCUT2D eigenvalue weighted by Gasteiger charge is 2.39. The third-order valence-corrected chi connectivity index (χ3v) is 5.97. The summed E-state index contributed by atoms with van der Waals surface area (Å²) in [5, 5.41) is 29.9. The fourth-order valence-corrected chi connectivity index (χ4v) is 4.07. The lowest BCUT2D eigenvalue weighted by Crippen LogP contribution is -2.24. The topological polar surface area (TPSA) is 130 Å². The molecule has 33 heavy (non-hydrogen) atoms. The molecule has 1 saturated carbocycles. The van der Waals surface area contributed by atoms with Gasteiger partial charge in [-0.25, -0.2) is 0 Å². The van der Waals surface area contributed by atoms with E-state index < -0.39 is 30.3 Å². The molecule has 8 heteroatoms. The smallest absolute Gasteiger partial charge is 0.305 e. The van der Waals surface area contributed by atoms with Gasteiger partial charge in [0.05, 0.1) is 12.2 Å². The maximum absolute atomic E-state index is 12.3. The Morgan fingerprint density at radius 2 is 1.76 bits per heavy atom. The monoisotopic (exact) mass is 470 g/mol. The second kappa shape index (κ2) is 16.8. The average Bonchev–Trinajstić information content (AvgIpc) is 3.03. The number of aliphatic hydroxyl groups excluding tert-OH is 3. The Morgan fingerprint density at radius 1 is 1.06 bits per heavy atom. The van der Waals surface area contributed by atoms with E-state index in [4.69, 9.17) is 4.74 Å². The molecule has 0 saturated heterocycles. The Kier molecular flexibility index (Phi) is 14.9. The SMILES string of the molecule is CCCCC[C@H](O)/C=C/[C@H]1C(=O)C[C@H](O)[C@@H]1CCCCCCC(=O)OC[C@@H](O)COC(C)=O. The molecule has 1 fully saturated rings. The van der Waals surface area contributed by atoms with Gasteiger partial charge in [-0.1, -0.05) is 57.6 Å². The number of aliphatic hydroxyl groups is 3. The average molecular weight is 471 g/mol. The van der Waals surface area contributed by atoms with Gasteiger partial charge in [0.1, 0.15) is 25.1 Å². The van der Waals surface area contributed by atoms with Crippen molar-refractivity contribution in [3.63, 3.8) is 0 Å². The van der Waals surface area contributed by atoms with E-state index >= 15 is 0 Å². The van der Waals surface area contributed by atoms with Crippen molar-refractivity contribution >= 4 is 17.7 Å². The fourth-order valence-electron chi connectivity index (χ4n) is 4.07. The number of allylic oxidation sites excluding steroid dienone is 1. The van der Waals surface area contributed by atoms with Crippen molar-refractivity contribution < 1.29 is 39.2 Å². The fraction of sp³-hybridized carbons (Fsp3) is 0.800. The van der Waals surface area contributed by atoms with Crippen LogP contribution in [0.4, 0.5) is 0 Å². The molecule has 0 aromatic heterocycles. The molecule has 3 N–H and O–H groups in total. The van der Waals surface area contributed by atoms with Crippen LogP contribution in [0.2, 0.25) is 0 Å². The van der Waals surface area contributed by atoms with Gasteiger partial charge in [0.25, 0.3) is 0 Å². The van der Waals surface area contributed by atoms with Crippen LogP contribution < -0.4 is 0 Å². The number of ether oxygens (including phenoxy) is 2. The largest absolute Gasteiger partial charge is 0.463 e. The van der Waals surface area contributed by atoms with Crippen molar-refractivity contribution in [2.24, 2.45) is 11.8 Å². The van der Waals surface area contributed by atoms with Crippen molar-refractivity contribution in [3.8, 4) is 0 Å². The van der Waals surface area contributed by atoms with Crippen LogP contribution in [0.25, 0.3) is 0 Å². The van der Waals surface area contributed by atoms with Crippen LogP contribution in [0, 0.1) is 11.8 Å². The zero-order chi connectivity index (χ0) is 24.6. The standard InChI is InChI=1S/C25H42O8/c1-3-4-7-10-19(27)13-14-22-21(23(29)15-24(22)30)11-8-5-6-9-12-25(31)33-17-20(28)16-32-18(2)26/h13-14,19-23,27-29H,3-12,15-17H2,1-2H3/b14-13+/t19-,20-,21+,22+,23-/m0/s1. The molecule has 1 aliphatic carbocycles. The lowest BCUT2D eigenvalue weighted by Gasteiger charge is -2.19. The summed E-state index contributed by atoms with van der Waals surface area (Å²) < 4.78 is 9.60. The van der Waals surface area contributed by atoms with E-state index in [1.807, 2.05) is 0 Å². The first kappa shape index (κ1) is 29.3. The summed E-state index contributed by atoms with van der Waals surface area (Å²) in [6.07, 6.45) is 9.39. The molecule has 190 valence electrons. The second-order valence-corrected chi connectivity index (χ2v) is 8.97. The molecule has 0 heterocycles. The molecular formula is C25H42O8. The van der Waals surface area contributed by atoms with Gasteiger partial charge in [0.2, 0.25) is 0 Å². The number of Topliss-reactive ketones (excluding diaryl/α,β-unsaturated/α-hetero) is 1. The number of esters is 2. The molecule has 8 nitrogen and oxygen atoms in total. The van der Waals surface area contributed by atoms with Crippen LogP contribution in [0.3, 0.4) is 0 Å². The predicted molar refractivity (Wildman–Crippen MR) is 123 cm³/mol. The van der Waals surface area contributed by atoms with Crippen LogP contribution in [0.5, 0.6) is 0 Å². The number of carbonyl (C=O) groups is 3. The first-order valence-corrected chi connectivity index (χ1v) is 12.3. The van der Waals surface area contributed by atoms with E-state index in [-0.39, 0.29) is 43.7 Å². The summed E-state index contributed by atoms with van der Waals surface area (Å²) in [6, 6.07) is 0. The molecular weight excluding hydrogens is 428 g/mol. The van der Waals surface area contributed by atoms with Crippen molar-refractivity contribution in [2.75, 3.05) is 13.2 Å². The Labute approximate surface area is 197 Å². The van der Waals surface area contributed by atoms with E-state index in [1.54, 1.807) is 12.2 Å².